The molecule has 0 saturated heterocycles. The maximum absolute atomic E-state index is 6.58. The Labute approximate surface area is 380 Å². The van der Waals surface area contributed by atoms with Crippen LogP contribution in [-0.2, 0) is 0 Å². The number of aromatic nitrogens is 4. The Balaban J connectivity index is 0.872. The van der Waals surface area contributed by atoms with E-state index in [-0.39, 0.29) is 0 Å². The van der Waals surface area contributed by atoms with Gasteiger partial charge in [-0.25, -0.2) is 19.9 Å². The van der Waals surface area contributed by atoms with Crippen molar-refractivity contribution in [3.05, 3.63) is 219 Å². The zero-order chi connectivity index (χ0) is 43.6. The largest absolute Gasteiger partial charge is 0.453 e. The number of fused-ring (bicyclic) bond motifs is 6. The molecule has 0 N–H and O–H groups in total. The zero-order valence-electron chi connectivity index (χ0n) is 35.3. The Morgan fingerprint density at radius 2 is 0.818 bits per heavy atom. The lowest BCUT2D eigenvalue weighted by Gasteiger charge is -2.34. The molecule has 9 aromatic carbocycles. The van der Waals surface area contributed by atoms with Crippen LogP contribution in [0.25, 0.3) is 67.0 Å². The molecule has 2 aromatic heterocycles. The lowest BCUT2D eigenvalue weighted by Crippen LogP contribution is -2.16. The lowest BCUT2D eigenvalue weighted by atomic mass is 10.00. The van der Waals surface area contributed by atoms with E-state index in [1.54, 1.807) is 0 Å². The third kappa shape index (κ3) is 6.39. The first kappa shape index (κ1) is 37.4. The van der Waals surface area contributed by atoms with Crippen LogP contribution in [0.2, 0.25) is 0 Å². The minimum atomic E-state index is 0.673. The second kappa shape index (κ2) is 15.3. The minimum absolute atomic E-state index is 0.673. The third-order valence-corrected chi connectivity index (χ3v) is 12.3. The van der Waals surface area contributed by atoms with E-state index in [4.69, 9.17) is 24.4 Å². The van der Waals surface area contributed by atoms with Gasteiger partial charge in [-0.15, -0.1) is 0 Å². The van der Waals surface area contributed by atoms with Crippen molar-refractivity contribution in [2.45, 2.75) is 0 Å². The molecule has 13 rings (SSSR count). The van der Waals surface area contributed by atoms with Gasteiger partial charge in [-0.05, 0) is 120 Å². The summed E-state index contributed by atoms with van der Waals surface area (Å²) >= 11 is 0. The molecule has 0 unspecified atom stereocenters. The average Bonchev–Trinajstić information content (AvgIpc) is 3.39. The molecule has 0 amide bonds. The SMILES string of the molecule is c1ccc(-c2nc(-c3ccc(N4c5ccccc5Oc5ccc(-c6ccc7c(c6)N(c6ccc(-c8ncc9ccccc9n8)cc6)c6ccccc6O7)cc54)cc3)nc3ccccc23)cc1. The maximum atomic E-state index is 6.58. The van der Waals surface area contributed by atoms with Crippen LogP contribution in [0.4, 0.5) is 34.1 Å². The van der Waals surface area contributed by atoms with Crippen LogP contribution in [-0.4, -0.2) is 19.9 Å². The summed E-state index contributed by atoms with van der Waals surface area (Å²) in [6, 6.07) is 72.5. The summed E-state index contributed by atoms with van der Waals surface area (Å²) < 4.78 is 13.1. The van der Waals surface area contributed by atoms with Crippen LogP contribution in [0.5, 0.6) is 23.0 Å². The fourth-order valence-electron chi connectivity index (χ4n) is 9.08. The molecule has 0 saturated carbocycles. The first-order chi connectivity index (χ1) is 32.7. The van der Waals surface area contributed by atoms with E-state index in [0.29, 0.717) is 11.6 Å². The number of anilines is 6. The number of ether oxygens (including phenoxy) is 2. The van der Waals surface area contributed by atoms with Crippen molar-refractivity contribution in [1.29, 1.82) is 0 Å². The number of para-hydroxylation sites is 6. The Hall–Kier alpha value is -9.14. The number of rotatable bonds is 6. The molecule has 0 fully saturated rings. The van der Waals surface area contributed by atoms with Gasteiger partial charge in [0.25, 0.3) is 0 Å². The van der Waals surface area contributed by atoms with Crippen molar-refractivity contribution in [3.8, 4) is 68.2 Å². The van der Waals surface area contributed by atoms with Crippen LogP contribution in [0.15, 0.2) is 219 Å². The summed E-state index contributed by atoms with van der Waals surface area (Å²) in [5.41, 5.74) is 13.4. The second-order valence-electron chi connectivity index (χ2n) is 16.3. The predicted octanol–water partition coefficient (Wildman–Crippen LogP) is 15.4. The predicted molar refractivity (Wildman–Crippen MR) is 264 cm³/mol. The van der Waals surface area contributed by atoms with E-state index >= 15 is 0 Å². The molecule has 0 radical (unpaired) electrons. The molecule has 8 heteroatoms. The van der Waals surface area contributed by atoms with Crippen molar-refractivity contribution in [2.75, 3.05) is 9.80 Å². The van der Waals surface area contributed by atoms with Gasteiger partial charge in [0.05, 0.1) is 39.5 Å². The van der Waals surface area contributed by atoms with Crippen molar-refractivity contribution in [3.63, 3.8) is 0 Å². The fourth-order valence-corrected chi connectivity index (χ4v) is 9.08. The number of hydrogen-bond donors (Lipinski definition) is 0. The van der Waals surface area contributed by atoms with Gasteiger partial charge in [0.1, 0.15) is 0 Å². The monoisotopic (exact) mass is 848 g/mol. The molecule has 0 aliphatic carbocycles. The van der Waals surface area contributed by atoms with Gasteiger partial charge in [-0.2, -0.15) is 0 Å². The molecule has 0 atom stereocenters. The van der Waals surface area contributed by atoms with Gasteiger partial charge >= 0.3 is 0 Å². The van der Waals surface area contributed by atoms with Crippen molar-refractivity contribution >= 4 is 55.9 Å². The fraction of sp³-hybridized carbons (Fsp3) is 0. The van der Waals surface area contributed by atoms with Gasteiger partial charge in [0, 0.05) is 45.0 Å². The van der Waals surface area contributed by atoms with E-state index in [1.807, 2.05) is 103 Å². The molecule has 2 aliphatic heterocycles. The Morgan fingerprint density at radius 3 is 1.45 bits per heavy atom. The Morgan fingerprint density at radius 1 is 0.333 bits per heavy atom. The molecule has 2 aliphatic rings. The molecule has 8 nitrogen and oxygen atoms in total. The molecular weight excluding hydrogens is 813 g/mol. The highest BCUT2D eigenvalue weighted by atomic mass is 16.5. The number of hydrogen-bond acceptors (Lipinski definition) is 8. The van der Waals surface area contributed by atoms with Crippen LogP contribution in [0, 0.1) is 0 Å². The average molecular weight is 849 g/mol. The highest BCUT2D eigenvalue weighted by Gasteiger charge is 2.29. The first-order valence-electron chi connectivity index (χ1n) is 21.9. The summed E-state index contributed by atoms with van der Waals surface area (Å²) in [6.45, 7) is 0. The molecule has 11 aromatic rings. The number of nitrogens with zero attached hydrogens (tertiary/aromatic N) is 6. The van der Waals surface area contributed by atoms with E-state index in [1.165, 1.54) is 0 Å². The standard InChI is InChI=1S/C58H36N6O2/c1-2-12-37(13-3-1)56-45-15-5-7-17-47(45)61-58(62-56)39-24-30-44(31-25-39)64-49-19-9-11-21-53(49)66-55-33-27-41(35-51(55)64)40-26-32-54-50(34-40)63(48-18-8-10-20-52(48)65-54)43-28-22-38(23-29-43)57-59-36-42-14-4-6-16-46(42)60-57/h1-36H. The summed E-state index contributed by atoms with van der Waals surface area (Å²) in [4.78, 5) is 24.2. The molecule has 66 heavy (non-hydrogen) atoms. The van der Waals surface area contributed by atoms with Gasteiger partial charge in [-0.1, -0.05) is 103 Å². The van der Waals surface area contributed by atoms with Crippen molar-refractivity contribution in [1.82, 2.24) is 19.9 Å². The van der Waals surface area contributed by atoms with Gasteiger partial charge in [0.2, 0.25) is 0 Å². The smallest absolute Gasteiger partial charge is 0.160 e. The summed E-state index contributed by atoms with van der Waals surface area (Å²) in [5.74, 6) is 4.46. The highest BCUT2D eigenvalue weighted by Crippen LogP contribution is 2.54. The highest BCUT2D eigenvalue weighted by molar-refractivity contribution is 5.95. The van der Waals surface area contributed by atoms with Crippen molar-refractivity contribution in [2.24, 2.45) is 0 Å². The van der Waals surface area contributed by atoms with Gasteiger partial charge < -0.3 is 19.3 Å². The van der Waals surface area contributed by atoms with E-state index < -0.39 is 0 Å². The van der Waals surface area contributed by atoms with Crippen LogP contribution < -0.4 is 19.3 Å². The normalized spacial score (nSPS) is 12.4. The van der Waals surface area contributed by atoms with E-state index in [9.17, 15) is 0 Å². The lowest BCUT2D eigenvalue weighted by molar-refractivity contribution is 0.476. The molecule has 310 valence electrons. The van der Waals surface area contributed by atoms with Crippen LogP contribution >= 0.6 is 0 Å². The first-order valence-corrected chi connectivity index (χ1v) is 21.9. The molecular formula is C58H36N6O2. The Kier molecular flexibility index (Phi) is 8.67. The third-order valence-electron chi connectivity index (χ3n) is 12.3. The van der Waals surface area contributed by atoms with Crippen molar-refractivity contribution < 1.29 is 9.47 Å². The van der Waals surface area contributed by atoms with E-state index in [0.717, 1.165) is 112 Å². The topological polar surface area (TPSA) is 76.5 Å². The summed E-state index contributed by atoms with van der Waals surface area (Å²) in [7, 11) is 0. The quantitative estimate of drug-likeness (QED) is 0.164. The minimum Gasteiger partial charge on any atom is -0.453 e. The maximum Gasteiger partial charge on any atom is 0.160 e. The van der Waals surface area contributed by atoms with E-state index in [2.05, 4.69) is 130 Å². The molecule has 0 bridgehead atoms. The second-order valence-corrected chi connectivity index (χ2v) is 16.3. The molecule has 4 heterocycles. The molecule has 0 spiro atoms. The zero-order valence-corrected chi connectivity index (χ0v) is 35.3. The van der Waals surface area contributed by atoms with Crippen LogP contribution in [0.3, 0.4) is 0 Å². The van der Waals surface area contributed by atoms with Gasteiger partial charge in [-0.3, -0.25) is 0 Å². The summed E-state index contributed by atoms with van der Waals surface area (Å²) in [5, 5.41) is 2.03. The van der Waals surface area contributed by atoms with Crippen LogP contribution in [0.1, 0.15) is 0 Å². The summed E-state index contributed by atoms with van der Waals surface area (Å²) in [6.07, 6.45) is 1.88. The van der Waals surface area contributed by atoms with Gasteiger partial charge in [0.15, 0.2) is 34.6 Å². The Bertz CT molecular complexity index is 3670. The number of benzene rings is 9.